The Kier molecular flexibility index (Phi) is 4.91. The molecule has 0 saturated heterocycles. The number of anilines is 2. The van der Waals surface area contributed by atoms with Gasteiger partial charge in [-0.15, -0.1) is 0 Å². The van der Waals surface area contributed by atoms with Crippen LogP contribution in [0.2, 0.25) is 0 Å². The molecular weight excluding hydrogens is 234 g/mol. The fourth-order valence-electron chi connectivity index (χ4n) is 1.60. The number of benzene rings is 1. The second kappa shape index (κ2) is 6.20. The minimum atomic E-state index is -0.454. The second-order valence-corrected chi connectivity index (χ2v) is 4.31. The van der Waals surface area contributed by atoms with Crippen molar-refractivity contribution in [2.45, 2.75) is 20.0 Å². The van der Waals surface area contributed by atoms with Crippen LogP contribution in [0.4, 0.5) is 17.1 Å². The summed E-state index contributed by atoms with van der Waals surface area (Å²) in [6.07, 6.45) is 0.147. The van der Waals surface area contributed by atoms with E-state index < -0.39 is 4.92 Å². The SMILES string of the molecule is CC(C)OCCN(C)c1cccc(N)c1[N+](=O)[O-]. The molecule has 0 unspecified atom stereocenters. The molecule has 18 heavy (non-hydrogen) atoms. The number of nitrogen functional groups attached to an aromatic ring is 1. The number of nitrogens with two attached hydrogens (primary N) is 1. The van der Waals surface area contributed by atoms with Crippen LogP contribution in [0.5, 0.6) is 0 Å². The summed E-state index contributed by atoms with van der Waals surface area (Å²) in [4.78, 5) is 12.3. The van der Waals surface area contributed by atoms with E-state index in [2.05, 4.69) is 0 Å². The predicted molar refractivity (Wildman–Crippen MR) is 71.9 cm³/mol. The van der Waals surface area contributed by atoms with Crippen molar-refractivity contribution < 1.29 is 9.66 Å². The van der Waals surface area contributed by atoms with Crippen LogP contribution in [0, 0.1) is 10.1 Å². The van der Waals surface area contributed by atoms with E-state index in [9.17, 15) is 10.1 Å². The minimum Gasteiger partial charge on any atom is -0.393 e. The summed E-state index contributed by atoms with van der Waals surface area (Å²) in [5.41, 5.74) is 6.27. The lowest BCUT2D eigenvalue weighted by Gasteiger charge is -2.20. The van der Waals surface area contributed by atoms with Crippen LogP contribution in [0.15, 0.2) is 18.2 Å². The summed E-state index contributed by atoms with van der Waals surface area (Å²) in [7, 11) is 1.78. The summed E-state index contributed by atoms with van der Waals surface area (Å²) >= 11 is 0. The van der Waals surface area contributed by atoms with E-state index >= 15 is 0 Å². The number of ether oxygens (including phenoxy) is 1. The third kappa shape index (κ3) is 3.59. The predicted octanol–water partition coefficient (Wildman–Crippen LogP) is 2.04. The van der Waals surface area contributed by atoms with Crippen molar-refractivity contribution in [2.75, 3.05) is 30.8 Å². The molecule has 1 aromatic carbocycles. The average molecular weight is 253 g/mol. The number of rotatable bonds is 6. The van der Waals surface area contributed by atoms with Crippen LogP contribution in [-0.4, -0.2) is 31.2 Å². The topological polar surface area (TPSA) is 81.6 Å². The largest absolute Gasteiger partial charge is 0.393 e. The molecule has 0 spiro atoms. The van der Waals surface area contributed by atoms with Gasteiger partial charge >= 0.3 is 5.69 Å². The molecule has 0 bridgehead atoms. The van der Waals surface area contributed by atoms with Gasteiger partial charge in [0, 0.05) is 13.6 Å². The number of nitro groups is 1. The number of nitrogens with zero attached hydrogens (tertiary/aromatic N) is 2. The summed E-state index contributed by atoms with van der Waals surface area (Å²) in [6.45, 7) is 4.98. The van der Waals surface area contributed by atoms with Crippen molar-refractivity contribution in [3.05, 3.63) is 28.3 Å². The van der Waals surface area contributed by atoms with Gasteiger partial charge in [0.25, 0.3) is 0 Å². The zero-order valence-corrected chi connectivity index (χ0v) is 10.9. The van der Waals surface area contributed by atoms with Gasteiger partial charge in [-0.05, 0) is 26.0 Å². The Hall–Kier alpha value is -1.82. The lowest BCUT2D eigenvalue weighted by molar-refractivity contribution is -0.383. The van der Waals surface area contributed by atoms with Gasteiger partial charge in [0.2, 0.25) is 0 Å². The van der Waals surface area contributed by atoms with Gasteiger partial charge in [0.15, 0.2) is 0 Å². The second-order valence-electron chi connectivity index (χ2n) is 4.31. The normalized spacial score (nSPS) is 10.7. The number of hydrogen-bond donors (Lipinski definition) is 1. The highest BCUT2D eigenvalue weighted by Gasteiger charge is 2.20. The van der Waals surface area contributed by atoms with Crippen LogP contribution in [0.1, 0.15) is 13.8 Å². The molecule has 1 aromatic rings. The standard InChI is InChI=1S/C12H19N3O3/c1-9(2)18-8-7-14(3)11-6-4-5-10(13)12(11)15(16)17/h4-6,9H,7-8,13H2,1-3H3. The molecule has 6 nitrogen and oxygen atoms in total. The molecule has 2 N–H and O–H groups in total. The van der Waals surface area contributed by atoms with Gasteiger partial charge in [-0.25, -0.2) is 0 Å². The maximum Gasteiger partial charge on any atom is 0.315 e. The summed E-state index contributed by atoms with van der Waals surface area (Å²) < 4.78 is 5.42. The first-order chi connectivity index (χ1) is 8.43. The van der Waals surface area contributed by atoms with Gasteiger partial charge in [0.05, 0.1) is 17.6 Å². The number of para-hydroxylation sites is 1. The Morgan fingerprint density at radius 3 is 2.72 bits per heavy atom. The minimum absolute atomic E-state index is 0.0513. The van der Waals surface area contributed by atoms with Gasteiger partial charge < -0.3 is 15.4 Å². The smallest absolute Gasteiger partial charge is 0.315 e. The first-order valence-electron chi connectivity index (χ1n) is 5.79. The monoisotopic (exact) mass is 253 g/mol. The molecule has 0 atom stereocenters. The van der Waals surface area contributed by atoms with Crippen molar-refractivity contribution >= 4 is 17.1 Å². The Balaban J connectivity index is 2.82. The molecule has 0 aromatic heterocycles. The van der Waals surface area contributed by atoms with Crippen LogP contribution in [0.3, 0.4) is 0 Å². The average Bonchev–Trinajstić information content (AvgIpc) is 2.27. The molecule has 100 valence electrons. The highest BCUT2D eigenvalue weighted by atomic mass is 16.6. The van der Waals surface area contributed by atoms with E-state index in [1.54, 1.807) is 24.1 Å². The van der Waals surface area contributed by atoms with E-state index in [1.165, 1.54) is 6.07 Å². The van der Waals surface area contributed by atoms with E-state index in [-0.39, 0.29) is 17.5 Å². The Morgan fingerprint density at radius 1 is 1.50 bits per heavy atom. The van der Waals surface area contributed by atoms with Crippen LogP contribution < -0.4 is 10.6 Å². The van der Waals surface area contributed by atoms with Gasteiger partial charge in [0.1, 0.15) is 11.4 Å². The molecule has 0 saturated carbocycles. The van der Waals surface area contributed by atoms with E-state index in [4.69, 9.17) is 10.5 Å². The summed E-state index contributed by atoms with van der Waals surface area (Å²) in [5, 5.41) is 11.0. The van der Waals surface area contributed by atoms with Crippen LogP contribution >= 0.6 is 0 Å². The quantitative estimate of drug-likeness (QED) is 0.476. The zero-order chi connectivity index (χ0) is 13.7. The van der Waals surface area contributed by atoms with Gasteiger partial charge in [-0.3, -0.25) is 10.1 Å². The Bertz CT molecular complexity index is 421. The molecular formula is C12H19N3O3. The third-order valence-corrected chi connectivity index (χ3v) is 2.52. The molecule has 0 aliphatic heterocycles. The van der Waals surface area contributed by atoms with Gasteiger partial charge in [-0.2, -0.15) is 0 Å². The van der Waals surface area contributed by atoms with Crippen molar-refractivity contribution in [1.82, 2.24) is 0 Å². The lowest BCUT2D eigenvalue weighted by atomic mass is 10.2. The fourth-order valence-corrected chi connectivity index (χ4v) is 1.60. The molecule has 0 amide bonds. The molecule has 0 heterocycles. The summed E-state index contributed by atoms with van der Waals surface area (Å²) in [6, 6.07) is 4.92. The van der Waals surface area contributed by atoms with Crippen LogP contribution in [0.25, 0.3) is 0 Å². The first kappa shape index (κ1) is 14.2. The molecule has 0 aliphatic carbocycles. The number of hydrogen-bond acceptors (Lipinski definition) is 5. The van der Waals surface area contributed by atoms with Crippen LogP contribution in [-0.2, 0) is 4.74 Å². The number of nitro benzene ring substituents is 1. The number of likely N-dealkylation sites (N-methyl/N-ethyl adjacent to an activating group) is 1. The van der Waals surface area contributed by atoms with Crippen molar-refractivity contribution in [2.24, 2.45) is 0 Å². The molecule has 0 radical (unpaired) electrons. The van der Waals surface area contributed by atoms with E-state index in [0.29, 0.717) is 18.8 Å². The lowest BCUT2D eigenvalue weighted by Crippen LogP contribution is -2.24. The Morgan fingerprint density at radius 2 is 2.17 bits per heavy atom. The van der Waals surface area contributed by atoms with Gasteiger partial charge in [-0.1, -0.05) is 6.07 Å². The zero-order valence-electron chi connectivity index (χ0n) is 10.9. The fraction of sp³-hybridized carbons (Fsp3) is 0.500. The third-order valence-electron chi connectivity index (χ3n) is 2.52. The highest BCUT2D eigenvalue weighted by Crippen LogP contribution is 2.32. The van der Waals surface area contributed by atoms with Crippen molar-refractivity contribution in [3.8, 4) is 0 Å². The molecule has 1 rings (SSSR count). The van der Waals surface area contributed by atoms with Crippen molar-refractivity contribution in [1.29, 1.82) is 0 Å². The van der Waals surface area contributed by atoms with Crippen molar-refractivity contribution in [3.63, 3.8) is 0 Å². The Labute approximate surface area is 106 Å². The highest BCUT2D eigenvalue weighted by molar-refractivity contribution is 5.75. The summed E-state index contributed by atoms with van der Waals surface area (Å²) in [5.74, 6) is 0. The maximum absolute atomic E-state index is 11.0. The molecule has 0 fully saturated rings. The maximum atomic E-state index is 11.0. The molecule has 0 aliphatic rings. The first-order valence-corrected chi connectivity index (χ1v) is 5.79. The van der Waals surface area contributed by atoms with E-state index in [1.807, 2.05) is 13.8 Å². The molecule has 6 heteroatoms. The van der Waals surface area contributed by atoms with E-state index in [0.717, 1.165) is 0 Å².